The average Bonchev–Trinajstić information content (AvgIpc) is 2.77. The highest BCUT2D eigenvalue weighted by molar-refractivity contribution is 6.01. The molecule has 2 aromatic carbocycles. The van der Waals surface area contributed by atoms with Gasteiger partial charge in [0.05, 0.1) is 19.3 Å². The third-order valence-corrected chi connectivity index (χ3v) is 5.85. The Balaban J connectivity index is 1.56. The molecule has 2 aliphatic heterocycles. The van der Waals surface area contributed by atoms with E-state index in [9.17, 15) is 22.8 Å². The first-order valence-electron chi connectivity index (χ1n) is 10.2. The molecular formula is C23H23F3N2O3. The first-order chi connectivity index (χ1) is 14.8. The Bertz CT molecular complexity index is 962. The van der Waals surface area contributed by atoms with Crippen molar-refractivity contribution in [3.05, 3.63) is 70.8 Å². The summed E-state index contributed by atoms with van der Waals surface area (Å²) in [5.74, 6) is -2.64. The second-order valence-corrected chi connectivity index (χ2v) is 7.92. The largest absolute Gasteiger partial charge is 0.408 e. The predicted octanol–water partition coefficient (Wildman–Crippen LogP) is 3.42. The molecule has 1 fully saturated rings. The number of piperidine rings is 1. The number of carbonyl (C=O) groups is 2. The van der Waals surface area contributed by atoms with Crippen molar-refractivity contribution in [3.63, 3.8) is 0 Å². The van der Waals surface area contributed by atoms with Crippen LogP contribution in [0.1, 0.15) is 41.1 Å². The minimum Gasteiger partial charge on any atom is -0.376 e. The lowest BCUT2D eigenvalue weighted by Crippen LogP contribution is -2.54. The van der Waals surface area contributed by atoms with Crippen molar-refractivity contribution in [3.8, 4) is 0 Å². The molecule has 3 atom stereocenters. The van der Waals surface area contributed by atoms with Gasteiger partial charge in [0, 0.05) is 0 Å². The van der Waals surface area contributed by atoms with Crippen molar-refractivity contribution in [1.82, 2.24) is 10.6 Å². The van der Waals surface area contributed by atoms with E-state index in [-0.39, 0.29) is 12.8 Å². The molecule has 8 heteroatoms. The molecule has 0 bridgehead atoms. The van der Waals surface area contributed by atoms with Gasteiger partial charge < -0.3 is 15.4 Å². The van der Waals surface area contributed by atoms with Crippen LogP contribution in [0.4, 0.5) is 13.2 Å². The molecule has 2 aliphatic rings. The molecule has 0 radical (unpaired) electrons. The quantitative estimate of drug-likeness (QED) is 0.728. The minimum absolute atomic E-state index is 0.151. The SMILES string of the molecule is O=C(NC(c1ccccc1)c1ccc2c(c1)COCC2)C1CCC(C(F)(F)F)NC1=O. The maximum atomic E-state index is 12.9. The Hall–Kier alpha value is -2.87. The maximum absolute atomic E-state index is 12.9. The summed E-state index contributed by atoms with van der Waals surface area (Å²) in [6, 6.07) is 12.8. The van der Waals surface area contributed by atoms with Gasteiger partial charge in [0.25, 0.3) is 0 Å². The fraction of sp³-hybridized carbons (Fsp3) is 0.391. The molecular weight excluding hydrogens is 409 g/mol. The summed E-state index contributed by atoms with van der Waals surface area (Å²) in [6.07, 6.45) is -4.17. The number of benzene rings is 2. The molecule has 2 amide bonds. The monoisotopic (exact) mass is 432 g/mol. The van der Waals surface area contributed by atoms with Crippen molar-refractivity contribution in [2.75, 3.05) is 6.61 Å². The molecule has 2 N–H and O–H groups in total. The Morgan fingerprint density at radius 1 is 1.06 bits per heavy atom. The smallest absolute Gasteiger partial charge is 0.376 e. The zero-order valence-electron chi connectivity index (χ0n) is 16.7. The number of alkyl halides is 3. The number of halogens is 3. The van der Waals surface area contributed by atoms with E-state index in [2.05, 4.69) is 5.32 Å². The molecule has 2 aromatic rings. The van der Waals surface area contributed by atoms with E-state index in [0.717, 1.165) is 23.1 Å². The molecule has 3 unspecified atom stereocenters. The van der Waals surface area contributed by atoms with E-state index in [0.29, 0.717) is 13.2 Å². The topological polar surface area (TPSA) is 67.4 Å². The number of nitrogens with one attached hydrogen (secondary N) is 2. The van der Waals surface area contributed by atoms with Crippen molar-refractivity contribution in [1.29, 1.82) is 0 Å². The second-order valence-electron chi connectivity index (χ2n) is 7.92. The van der Waals surface area contributed by atoms with Crippen LogP contribution >= 0.6 is 0 Å². The average molecular weight is 432 g/mol. The van der Waals surface area contributed by atoms with E-state index in [1.165, 1.54) is 5.56 Å². The lowest BCUT2D eigenvalue weighted by molar-refractivity contribution is -0.171. The van der Waals surface area contributed by atoms with Gasteiger partial charge in [0.15, 0.2) is 0 Å². The Morgan fingerprint density at radius 2 is 1.84 bits per heavy atom. The third kappa shape index (κ3) is 4.74. The highest BCUT2D eigenvalue weighted by Gasteiger charge is 2.46. The molecule has 5 nitrogen and oxygen atoms in total. The first kappa shape index (κ1) is 21.4. The normalized spacial score (nSPS) is 22.2. The molecule has 1 saturated heterocycles. The summed E-state index contributed by atoms with van der Waals surface area (Å²) in [5.41, 5.74) is 3.88. The lowest BCUT2D eigenvalue weighted by atomic mass is 9.90. The van der Waals surface area contributed by atoms with Crippen LogP contribution in [0.25, 0.3) is 0 Å². The van der Waals surface area contributed by atoms with Crippen LogP contribution in [0, 0.1) is 5.92 Å². The molecule has 0 saturated carbocycles. The van der Waals surface area contributed by atoms with Gasteiger partial charge >= 0.3 is 6.18 Å². The molecule has 0 aromatic heterocycles. The summed E-state index contributed by atoms with van der Waals surface area (Å²) in [5, 5.41) is 4.83. The van der Waals surface area contributed by atoms with Crippen LogP contribution in [0.3, 0.4) is 0 Å². The maximum Gasteiger partial charge on any atom is 0.408 e. The van der Waals surface area contributed by atoms with Crippen molar-refractivity contribution >= 4 is 11.8 Å². The highest BCUT2D eigenvalue weighted by Crippen LogP contribution is 2.30. The van der Waals surface area contributed by atoms with Gasteiger partial charge in [-0.3, -0.25) is 9.59 Å². The van der Waals surface area contributed by atoms with Gasteiger partial charge in [-0.1, -0.05) is 48.5 Å². The van der Waals surface area contributed by atoms with Gasteiger partial charge in [-0.2, -0.15) is 13.2 Å². The van der Waals surface area contributed by atoms with Crippen molar-refractivity contribution in [2.45, 2.75) is 44.1 Å². The first-order valence-corrected chi connectivity index (χ1v) is 10.2. The van der Waals surface area contributed by atoms with Crippen molar-refractivity contribution in [2.24, 2.45) is 5.92 Å². The molecule has 0 spiro atoms. The highest BCUT2D eigenvalue weighted by atomic mass is 19.4. The Kier molecular flexibility index (Phi) is 6.00. The van der Waals surface area contributed by atoms with Gasteiger partial charge in [-0.25, -0.2) is 0 Å². The zero-order valence-corrected chi connectivity index (χ0v) is 16.7. The van der Waals surface area contributed by atoms with E-state index in [4.69, 9.17) is 4.74 Å². The number of carbonyl (C=O) groups excluding carboxylic acids is 2. The summed E-state index contributed by atoms with van der Waals surface area (Å²) in [7, 11) is 0. The van der Waals surface area contributed by atoms with Gasteiger partial charge in [-0.15, -0.1) is 0 Å². The summed E-state index contributed by atoms with van der Waals surface area (Å²) in [4.78, 5) is 25.2. The van der Waals surface area contributed by atoms with Crippen molar-refractivity contribution < 1.29 is 27.5 Å². The van der Waals surface area contributed by atoms with E-state index >= 15 is 0 Å². The predicted molar refractivity (Wildman–Crippen MR) is 107 cm³/mol. The van der Waals surface area contributed by atoms with E-state index < -0.39 is 36.0 Å². The van der Waals surface area contributed by atoms with Crippen LogP contribution in [0.2, 0.25) is 0 Å². The van der Waals surface area contributed by atoms with Crippen LogP contribution < -0.4 is 10.6 Å². The lowest BCUT2D eigenvalue weighted by Gasteiger charge is -2.31. The third-order valence-electron chi connectivity index (χ3n) is 5.85. The van der Waals surface area contributed by atoms with Gasteiger partial charge in [-0.05, 0) is 41.5 Å². The summed E-state index contributed by atoms with van der Waals surface area (Å²) < 4.78 is 44.3. The molecule has 4 rings (SSSR count). The molecule has 0 aliphatic carbocycles. The van der Waals surface area contributed by atoms with Crippen LogP contribution in [-0.2, 0) is 27.4 Å². The molecule has 31 heavy (non-hydrogen) atoms. The van der Waals surface area contributed by atoms with E-state index in [1.54, 1.807) is 0 Å². The Labute approximate surface area is 178 Å². The zero-order chi connectivity index (χ0) is 22.0. The molecule has 2 heterocycles. The minimum atomic E-state index is -4.52. The number of hydrogen-bond acceptors (Lipinski definition) is 3. The number of hydrogen-bond donors (Lipinski definition) is 2. The van der Waals surface area contributed by atoms with Crippen LogP contribution in [0.5, 0.6) is 0 Å². The van der Waals surface area contributed by atoms with Crippen LogP contribution in [0.15, 0.2) is 48.5 Å². The fourth-order valence-electron chi connectivity index (χ4n) is 4.12. The van der Waals surface area contributed by atoms with Crippen LogP contribution in [-0.4, -0.2) is 30.6 Å². The summed E-state index contributed by atoms with van der Waals surface area (Å²) >= 11 is 0. The number of amides is 2. The number of rotatable bonds is 4. The van der Waals surface area contributed by atoms with Gasteiger partial charge in [0.2, 0.25) is 11.8 Å². The van der Waals surface area contributed by atoms with Gasteiger partial charge in [0.1, 0.15) is 12.0 Å². The Morgan fingerprint density at radius 3 is 2.55 bits per heavy atom. The number of ether oxygens (including phenoxy) is 1. The summed E-state index contributed by atoms with van der Waals surface area (Å²) in [6.45, 7) is 1.16. The second kappa shape index (κ2) is 8.70. The number of fused-ring (bicyclic) bond motifs is 1. The van der Waals surface area contributed by atoms with E-state index in [1.807, 2.05) is 53.8 Å². The molecule has 164 valence electrons. The fourth-order valence-corrected chi connectivity index (χ4v) is 4.12. The standard InChI is InChI=1S/C23H23F3N2O3/c24-23(25,26)19-9-8-18(21(29)27-19)22(30)28-20(15-4-2-1-3-5-15)16-7-6-14-10-11-31-13-17(14)12-16/h1-7,12,18-20H,8-11,13H2,(H,27,29)(H,28,30).